The van der Waals surface area contributed by atoms with E-state index in [4.69, 9.17) is 5.73 Å². The third kappa shape index (κ3) is 3.54. The van der Waals surface area contributed by atoms with Gasteiger partial charge in [0.1, 0.15) is 5.82 Å². The van der Waals surface area contributed by atoms with Crippen LogP contribution in [0.2, 0.25) is 0 Å². The number of nitrogens with two attached hydrogens (primary N) is 1. The van der Waals surface area contributed by atoms with Gasteiger partial charge in [-0.15, -0.1) is 11.3 Å². The lowest BCUT2D eigenvalue weighted by Crippen LogP contribution is -2.28. The fraction of sp³-hybridized carbons (Fsp3) is 0.417. The minimum Gasteiger partial charge on any atom is -0.375 e. The van der Waals surface area contributed by atoms with E-state index in [1.54, 1.807) is 6.20 Å². The third-order valence-corrected chi connectivity index (χ3v) is 3.82. The quantitative estimate of drug-likeness (QED) is 0.851. The molecule has 2 aromatic heterocycles. The van der Waals surface area contributed by atoms with E-state index >= 15 is 0 Å². The first-order valence-corrected chi connectivity index (χ1v) is 6.84. The minimum atomic E-state index is -0.00971. The number of rotatable bonds is 5. The highest BCUT2D eigenvalue weighted by Gasteiger charge is 2.10. The molecule has 0 aliphatic carbocycles. The lowest BCUT2D eigenvalue weighted by molar-refractivity contribution is -0.120. The maximum absolute atomic E-state index is 11.8. The minimum absolute atomic E-state index is 0.00971. The number of nitrogens with zero attached hydrogens (tertiary/aromatic N) is 3. The summed E-state index contributed by atoms with van der Waals surface area (Å²) in [6.45, 7) is 5.11. The highest BCUT2D eigenvalue weighted by molar-refractivity contribution is 7.15. The zero-order chi connectivity index (χ0) is 13.8. The van der Waals surface area contributed by atoms with Gasteiger partial charge in [0.05, 0.1) is 12.1 Å². The van der Waals surface area contributed by atoms with Gasteiger partial charge in [-0.1, -0.05) is 0 Å². The van der Waals surface area contributed by atoms with Crippen LogP contribution in [-0.2, 0) is 17.8 Å². The van der Waals surface area contributed by atoms with Crippen molar-refractivity contribution in [1.29, 1.82) is 0 Å². The van der Waals surface area contributed by atoms with Gasteiger partial charge in [-0.05, 0) is 13.8 Å². The second-order valence-corrected chi connectivity index (χ2v) is 5.37. The van der Waals surface area contributed by atoms with Crippen molar-refractivity contribution in [3.05, 3.63) is 28.8 Å². The summed E-state index contributed by atoms with van der Waals surface area (Å²) in [4.78, 5) is 20.9. The van der Waals surface area contributed by atoms with Crippen LogP contribution >= 0.6 is 11.3 Å². The van der Waals surface area contributed by atoms with E-state index in [9.17, 15) is 4.79 Å². The maximum Gasteiger partial charge on any atom is 0.225 e. The molecule has 0 aliphatic heterocycles. The summed E-state index contributed by atoms with van der Waals surface area (Å²) in [6.07, 6.45) is 3.99. The molecule has 102 valence electrons. The summed E-state index contributed by atoms with van der Waals surface area (Å²) in [5, 5.41) is 3.39. The van der Waals surface area contributed by atoms with Crippen LogP contribution in [0, 0.1) is 13.8 Å². The summed E-state index contributed by atoms with van der Waals surface area (Å²) in [5.74, 6) is 0.935. The van der Waals surface area contributed by atoms with Gasteiger partial charge in [-0.3, -0.25) is 4.79 Å². The highest BCUT2D eigenvalue weighted by Crippen LogP contribution is 2.19. The fourth-order valence-corrected chi connectivity index (χ4v) is 2.61. The lowest BCUT2D eigenvalue weighted by Gasteiger charge is -2.06. The summed E-state index contributed by atoms with van der Waals surface area (Å²) < 4.78 is 2.00. The van der Waals surface area contributed by atoms with E-state index in [0.29, 0.717) is 18.1 Å². The Morgan fingerprint density at radius 1 is 1.53 bits per heavy atom. The molecular weight excluding hydrogens is 262 g/mol. The standard InChI is InChI=1S/C12H17N5OS/c1-8-10(19-12(13)16-8)7-11(18)15-4-6-17-5-3-14-9(17)2/h3,5H,4,6-7H2,1-2H3,(H2,13,16)(H,15,18). The second-order valence-electron chi connectivity index (χ2n) is 4.26. The number of amides is 1. The van der Waals surface area contributed by atoms with E-state index in [1.165, 1.54) is 11.3 Å². The summed E-state index contributed by atoms with van der Waals surface area (Å²) >= 11 is 1.37. The SMILES string of the molecule is Cc1nc(N)sc1CC(=O)NCCn1ccnc1C. The number of hydrogen-bond donors (Lipinski definition) is 2. The van der Waals surface area contributed by atoms with E-state index in [-0.39, 0.29) is 5.91 Å². The van der Waals surface area contributed by atoms with E-state index < -0.39 is 0 Å². The first kappa shape index (κ1) is 13.5. The van der Waals surface area contributed by atoms with Gasteiger partial charge in [0.25, 0.3) is 0 Å². The molecule has 6 nitrogen and oxygen atoms in total. The molecule has 2 rings (SSSR count). The van der Waals surface area contributed by atoms with Crippen molar-refractivity contribution < 1.29 is 4.79 Å². The van der Waals surface area contributed by atoms with Crippen LogP contribution in [0.1, 0.15) is 16.4 Å². The molecule has 2 aromatic rings. The Hall–Kier alpha value is -1.89. The van der Waals surface area contributed by atoms with Crippen molar-refractivity contribution in [1.82, 2.24) is 19.9 Å². The topological polar surface area (TPSA) is 85.8 Å². The summed E-state index contributed by atoms with van der Waals surface area (Å²) in [7, 11) is 0. The smallest absolute Gasteiger partial charge is 0.225 e. The number of aryl methyl sites for hydroxylation is 2. The largest absolute Gasteiger partial charge is 0.375 e. The van der Waals surface area contributed by atoms with Crippen LogP contribution < -0.4 is 11.1 Å². The van der Waals surface area contributed by atoms with E-state index in [2.05, 4.69) is 15.3 Å². The number of aromatic nitrogens is 3. The molecular formula is C12H17N5OS. The molecule has 0 aromatic carbocycles. The maximum atomic E-state index is 11.8. The molecule has 0 aliphatic rings. The molecule has 0 saturated heterocycles. The molecule has 7 heteroatoms. The van der Waals surface area contributed by atoms with Crippen LogP contribution in [0.3, 0.4) is 0 Å². The van der Waals surface area contributed by atoms with Crippen LogP contribution in [0.5, 0.6) is 0 Å². The molecule has 0 radical (unpaired) electrons. The molecule has 0 fully saturated rings. The van der Waals surface area contributed by atoms with Gasteiger partial charge >= 0.3 is 0 Å². The first-order chi connectivity index (χ1) is 9.06. The Kier molecular flexibility index (Phi) is 4.16. The number of thiazole rings is 1. The van der Waals surface area contributed by atoms with Crippen LogP contribution in [0.15, 0.2) is 12.4 Å². The molecule has 19 heavy (non-hydrogen) atoms. The van der Waals surface area contributed by atoms with Crippen molar-refractivity contribution in [2.45, 2.75) is 26.8 Å². The number of carbonyl (C=O) groups excluding carboxylic acids is 1. The normalized spacial score (nSPS) is 10.6. The van der Waals surface area contributed by atoms with Crippen molar-refractivity contribution in [2.24, 2.45) is 0 Å². The molecule has 0 saturated carbocycles. The van der Waals surface area contributed by atoms with Crippen molar-refractivity contribution >= 4 is 22.4 Å². The molecule has 0 atom stereocenters. The molecule has 2 heterocycles. The predicted molar refractivity (Wildman–Crippen MR) is 74.9 cm³/mol. The van der Waals surface area contributed by atoms with Gasteiger partial charge in [0.2, 0.25) is 5.91 Å². The predicted octanol–water partition coefficient (Wildman–Crippen LogP) is 0.898. The van der Waals surface area contributed by atoms with Crippen LogP contribution in [0.25, 0.3) is 0 Å². The number of anilines is 1. The molecule has 3 N–H and O–H groups in total. The molecule has 0 spiro atoms. The van der Waals surface area contributed by atoms with Gasteiger partial charge in [0.15, 0.2) is 5.13 Å². The van der Waals surface area contributed by atoms with Crippen LogP contribution in [0.4, 0.5) is 5.13 Å². The van der Waals surface area contributed by atoms with E-state index in [0.717, 1.165) is 22.9 Å². The van der Waals surface area contributed by atoms with Gasteiger partial charge in [-0.25, -0.2) is 9.97 Å². The Labute approximate surface area is 115 Å². The van der Waals surface area contributed by atoms with Gasteiger partial charge < -0.3 is 15.6 Å². The van der Waals surface area contributed by atoms with Gasteiger partial charge in [0, 0.05) is 30.4 Å². The highest BCUT2D eigenvalue weighted by atomic mass is 32.1. The van der Waals surface area contributed by atoms with Crippen LogP contribution in [-0.4, -0.2) is 27.0 Å². The van der Waals surface area contributed by atoms with E-state index in [1.807, 2.05) is 24.6 Å². The molecule has 0 unspecified atom stereocenters. The van der Waals surface area contributed by atoms with Crippen molar-refractivity contribution in [2.75, 3.05) is 12.3 Å². The number of carbonyl (C=O) groups is 1. The molecule has 1 amide bonds. The summed E-state index contributed by atoms with van der Waals surface area (Å²) in [5.41, 5.74) is 6.44. The number of nitrogens with one attached hydrogen (secondary N) is 1. The number of nitrogen functional groups attached to an aromatic ring is 1. The number of hydrogen-bond acceptors (Lipinski definition) is 5. The third-order valence-electron chi connectivity index (χ3n) is 2.83. The number of imidazole rings is 1. The lowest BCUT2D eigenvalue weighted by atomic mass is 10.3. The Morgan fingerprint density at radius 2 is 2.32 bits per heavy atom. The Balaban J connectivity index is 1.79. The summed E-state index contributed by atoms with van der Waals surface area (Å²) in [6, 6.07) is 0. The Bertz CT molecular complexity index is 574. The van der Waals surface area contributed by atoms with Crippen molar-refractivity contribution in [3.63, 3.8) is 0 Å². The second kappa shape index (κ2) is 5.83. The zero-order valence-corrected chi connectivity index (χ0v) is 11.8. The fourth-order valence-electron chi connectivity index (χ4n) is 1.78. The first-order valence-electron chi connectivity index (χ1n) is 6.02. The monoisotopic (exact) mass is 279 g/mol. The van der Waals surface area contributed by atoms with Gasteiger partial charge in [-0.2, -0.15) is 0 Å². The van der Waals surface area contributed by atoms with Crippen molar-refractivity contribution in [3.8, 4) is 0 Å². The average molecular weight is 279 g/mol. The molecule has 0 bridgehead atoms. The average Bonchev–Trinajstić information content (AvgIpc) is 2.86. The zero-order valence-electron chi connectivity index (χ0n) is 11.0. The Morgan fingerprint density at radius 3 is 2.89 bits per heavy atom.